The fraction of sp³-hybridized carbons (Fsp3) is 0.250. The van der Waals surface area contributed by atoms with Crippen LogP contribution >= 0.6 is 59.3 Å². The quantitative estimate of drug-likeness (QED) is 0.429. The fourth-order valence-corrected chi connectivity index (χ4v) is 4.79. The van der Waals surface area contributed by atoms with Crippen molar-refractivity contribution in [2.45, 2.75) is 8.42 Å². The van der Waals surface area contributed by atoms with E-state index < -0.39 is 0 Å². The van der Waals surface area contributed by atoms with Crippen LogP contribution in [-0.4, -0.2) is 6.26 Å². The van der Waals surface area contributed by atoms with E-state index in [0.29, 0.717) is 0 Å². The predicted molar refractivity (Wildman–Crippen MR) is 52.1 cm³/mol. The molecule has 0 aliphatic rings. The summed E-state index contributed by atoms with van der Waals surface area (Å²) in [5.74, 6) is 0. The van der Waals surface area contributed by atoms with E-state index in [2.05, 4.69) is 12.6 Å². The van der Waals surface area contributed by atoms with E-state index in [0.717, 1.165) is 7.35 Å². The summed E-state index contributed by atoms with van der Waals surface area (Å²) in [6.45, 7) is 0. The van der Waals surface area contributed by atoms with Crippen LogP contribution in [0, 0.1) is 3.14 Å². The van der Waals surface area contributed by atoms with Crippen LogP contribution < -0.4 is 0 Å². The molecule has 0 bridgehead atoms. The second-order valence-electron chi connectivity index (χ2n) is 1.25. The van der Waals surface area contributed by atoms with E-state index >= 15 is 0 Å². The standard InChI is InChI=1S/C4H4S5/c1-7-3-2(5)8-4(6)9-3/h5H,1H3. The lowest BCUT2D eigenvalue weighted by molar-refractivity contribution is 1.55. The summed E-state index contributed by atoms with van der Waals surface area (Å²) in [6.07, 6.45) is 2.03. The van der Waals surface area contributed by atoms with Gasteiger partial charge in [0, 0.05) is 0 Å². The molecule has 0 aliphatic carbocycles. The van der Waals surface area contributed by atoms with Gasteiger partial charge in [-0.1, -0.05) is 12.2 Å². The normalized spacial score (nSPS) is 10.0. The SMILES string of the molecule is CSc1sc(=S)sc1S. The van der Waals surface area contributed by atoms with Crippen molar-refractivity contribution in [3.8, 4) is 0 Å². The highest BCUT2D eigenvalue weighted by molar-refractivity contribution is 8.01. The lowest BCUT2D eigenvalue weighted by Gasteiger charge is -1.84. The Hall–Kier alpha value is 0.970. The molecular weight excluding hydrogens is 208 g/mol. The molecule has 0 atom stereocenters. The summed E-state index contributed by atoms with van der Waals surface area (Å²) >= 11 is 14.1. The van der Waals surface area contributed by atoms with E-state index in [9.17, 15) is 0 Å². The Morgan fingerprint density at radius 3 is 2.44 bits per heavy atom. The number of thiol groups is 1. The molecule has 1 heterocycles. The monoisotopic (exact) mass is 212 g/mol. The van der Waals surface area contributed by atoms with E-state index in [1.54, 1.807) is 34.4 Å². The Balaban J connectivity index is 3.16. The van der Waals surface area contributed by atoms with Gasteiger partial charge < -0.3 is 0 Å². The zero-order valence-corrected chi connectivity index (χ0v) is 8.74. The van der Waals surface area contributed by atoms with Crippen LogP contribution in [0.1, 0.15) is 0 Å². The Bertz CT molecular complexity index is 244. The maximum atomic E-state index is 4.96. The van der Waals surface area contributed by atoms with Crippen molar-refractivity contribution in [2.24, 2.45) is 0 Å². The zero-order valence-electron chi connectivity index (χ0n) is 4.58. The van der Waals surface area contributed by atoms with Crippen molar-refractivity contribution in [3.63, 3.8) is 0 Å². The van der Waals surface area contributed by atoms with Gasteiger partial charge in [0.25, 0.3) is 0 Å². The lowest BCUT2D eigenvalue weighted by Crippen LogP contribution is -1.53. The van der Waals surface area contributed by atoms with E-state index in [1.165, 1.54) is 4.21 Å². The maximum Gasteiger partial charge on any atom is 0.145 e. The summed E-state index contributed by atoms with van der Waals surface area (Å²) in [4.78, 5) is 0. The van der Waals surface area contributed by atoms with E-state index in [-0.39, 0.29) is 0 Å². The van der Waals surface area contributed by atoms with Gasteiger partial charge in [-0.25, -0.2) is 0 Å². The van der Waals surface area contributed by atoms with Gasteiger partial charge in [-0.05, 0) is 6.26 Å². The molecule has 1 aromatic rings. The average Bonchev–Trinajstić information content (AvgIpc) is 2.10. The molecule has 9 heavy (non-hydrogen) atoms. The summed E-state index contributed by atoms with van der Waals surface area (Å²) in [5, 5.41) is 0. The first-order chi connectivity index (χ1) is 4.24. The Morgan fingerprint density at radius 1 is 1.56 bits per heavy atom. The van der Waals surface area contributed by atoms with Crippen LogP contribution in [0.25, 0.3) is 0 Å². The molecule has 50 valence electrons. The van der Waals surface area contributed by atoms with Crippen molar-refractivity contribution in [3.05, 3.63) is 3.14 Å². The molecule has 0 fully saturated rings. The highest BCUT2D eigenvalue weighted by Gasteiger charge is 1.99. The molecule has 0 unspecified atom stereocenters. The highest BCUT2D eigenvalue weighted by atomic mass is 32.2. The molecular formula is C4H4S5. The number of rotatable bonds is 1. The third-order valence-electron chi connectivity index (χ3n) is 0.716. The fourth-order valence-electron chi connectivity index (χ4n) is 0.390. The van der Waals surface area contributed by atoms with Crippen molar-refractivity contribution in [1.82, 2.24) is 0 Å². The van der Waals surface area contributed by atoms with E-state index in [1.807, 2.05) is 6.26 Å². The first-order valence-electron chi connectivity index (χ1n) is 2.11. The highest BCUT2D eigenvalue weighted by Crippen LogP contribution is 2.34. The average molecular weight is 212 g/mol. The summed E-state index contributed by atoms with van der Waals surface area (Å²) < 4.78 is 3.25. The van der Waals surface area contributed by atoms with Gasteiger partial charge in [-0.2, -0.15) is 0 Å². The van der Waals surface area contributed by atoms with Crippen LogP contribution in [-0.2, 0) is 0 Å². The third-order valence-corrected chi connectivity index (χ3v) is 5.22. The summed E-state index contributed by atoms with van der Waals surface area (Å²) in [6, 6.07) is 0. The second-order valence-corrected chi connectivity index (χ2v) is 6.30. The van der Waals surface area contributed by atoms with Gasteiger partial charge in [0.05, 0.1) is 8.42 Å². The molecule has 0 amide bonds. The number of hydrogen-bond acceptors (Lipinski definition) is 5. The van der Waals surface area contributed by atoms with Crippen molar-refractivity contribution in [2.75, 3.05) is 6.26 Å². The van der Waals surface area contributed by atoms with Crippen molar-refractivity contribution >= 4 is 59.3 Å². The molecule has 0 saturated carbocycles. The van der Waals surface area contributed by atoms with Gasteiger partial charge in [-0.3, -0.25) is 0 Å². The lowest BCUT2D eigenvalue weighted by atomic mass is 11.1. The molecule has 0 aliphatic heterocycles. The van der Waals surface area contributed by atoms with Gasteiger partial charge in [0.1, 0.15) is 3.14 Å². The molecule has 0 spiro atoms. The van der Waals surface area contributed by atoms with Crippen molar-refractivity contribution < 1.29 is 0 Å². The molecule has 0 N–H and O–H groups in total. The minimum atomic E-state index is 0.962. The minimum Gasteiger partial charge on any atom is -0.131 e. The number of thioether (sulfide) groups is 1. The molecule has 0 nitrogen and oxygen atoms in total. The maximum absolute atomic E-state index is 4.96. The molecule has 0 radical (unpaired) electrons. The smallest absolute Gasteiger partial charge is 0.131 e. The molecule has 1 aromatic heterocycles. The topological polar surface area (TPSA) is 0 Å². The van der Waals surface area contributed by atoms with Crippen LogP contribution in [0.3, 0.4) is 0 Å². The molecule has 0 saturated heterocycles. The van der Waals surface area contributed by atoms with Crippen LogP contribution in [0.4, 0.5) is 0 Å². The Labute approximate surface area is 76.7 Å². The second kappa shape index (κ2) is 3.39. The molecule has 1 rings (SSSR count). The van der Waals surface area contributed by atoms with E-state index in [4.69, 9.17) is 12.2 Å². The molecule has 5 heteroatoms. The Kier molecular flexibility index (Phi) is 3.04. The molecule has 0 aromatic carbocycles. The third kappa shape index (κ3) is 1.94. The van der Waals surface area contributed by atoms with Crippen LogP contribution in [0.5, 0.6) is 0 Å². The predicted octanol–water partition coefficient (Wildman–Crippen LogP) is 3.55. The van der Waals surface area contributed by atoms with Gasteiger partial charge >= 0.3 is 0 Å². The number of hydrogen-bond donors (Lipinski definition) is 1. The van der Waals surface area contributed by atoms with Crippen molar-refractivity contribution in [1.29, 1.82) is 0 Å². The first kappa shape index (κ1) is 8.07. The summed E-state index contributed by atoms with van der Waals surface area (Å²) in [7, 11) is 0. The van der Waals surface area contributed by atoms with Gasteiger partial charge in [0.15, 0.2) is 0 Å². The zero-order chi connectivity index (χ0) is 6.85. The summed E-state index contributed by atoms with van der Waals surface area (Å²) in [5.41, 5.74) is 0. The largest absolute Gasteiger partial charge is 0.145 e. The Morgan fingerprint density at radius 2 is 2.22 bits per heavy atom. The van der Waals surface area contributed by atoms with Gasteiger partial charge in [0.2, 0.25) is 0 Å². The van der Waals surface area contributed by atoms with Crippen LogP contribution in [0.2, 0.25) is 0 Å². The first-order valence-corrected chi connectivity index (χ1v) is 5.82. The van der Waals surface area contributed by atoms with Crippen LogP contribution in [0.15, 0.2) is 8.42 Å². The van der Waals surface area contributed by atoms with Gasteiger partial charge in [-0.15, -0.1) is 47.1 Å². The minimum absolute atomic E-state index is 0.962.